The lowest BCUT2D eigenvalue weighted by molar-refractivity contribution is 0.0600. The highest BCUT2D eigenvalue weighted by molar-refractivity contribution is 6.34. The third kappa shape index (κ3) is 5.40. The summed E-state index contributed by atoms with van der Waals surface area (Å²) >= 11 is 6.08. The summed E-state index contributed by atoms with van der Waals surface area (Å²) in [6.07, 6.45) is 2.10. The highest BCUT2D eigenvalue weighted by atomic mass is 35.5. The molecule has 0 fully saturated rings. The number of halogens is 1. The van der Waals surface area contributed by atoms with Crippen molar-refractivity contribution in [2.24, 2.45) is 0 Å². The van der Waals surface area contributed by atoms with Crippen molar-refractivity contribution in [1.29, 1.82) is 0 Å². The van der Waals surface area contributed by atoms with E-state index in [1.165, 1.54) is 37.7 Å². The maximum absolute atomic E-state index is 12.4. The van der Waals surface area contributed by atoms with Crippen molar-refractivity contribution < 1.29 is 19.1 Å². The van der Waals surface area contributed by atoms with Crippen molar-refractivity contribution >= 4 is 35.0 Å². The molecule has 0 aliphatic carbocycles. The number of benzene rings is 1. The zero-order chi connectivity index (χ0) is 18.9. The average molecular weight is 379 g/mol. The predicted molar refractivity (Wildman–Crippen MR) is 97.8 cm³/mol. The van der Waals surface area contributed by atoms with Crippen LogP contribution in [0.5, 0.6) is 0 Å². The molecule has 1 aromatic carbocycles. The molecule has 9 heteroatoms. The number of hydrogen-bond donors (Lipinski definition) is 2. The summed E-state index contributed by atoms with van der Waals surface area (Å²) in [6, 6.07) is 5.99. The number of esters is 1. The van der Waals surface area contributed by atoms with E-state index in [0.29, 0.717) is 19.0 Å². The van der Waals surface area contributed by atoms with Gasteiger partial charge in [0.05, 0.1) is 23.4 Å². The van der Waals surface area contributed by atoms with Crippen molar-refractivity contribution in [3.63, 3.8) is 0 Å². The summed E-state index contributed by atoms with van der Waals surface area (Å²) < 4.78 is 9.63. The van der Waals surface area contributed by atoms with Crippen LogP contribution in [0.1, 0.15) is 27.3 Å². The Hall–Kier alpha value is -2.71. The first-order valence-corrected chi connectivity index (χ1v) is 8.17. The molecule has 2 aromatic rings. The van der Waals surface area contributed by atoms with Crippen LogP contribution >= 0.6 is 11.6 Å². The van der Waals surface area contributed by atoms with Crippen LogP contribution in [0.4, 0.5) is 11.5 Å². The zero-order valence-electron chi connectivity index (χ0n) is 14.4. The van der Waals surface area contributed by atoms with Crippen LogP contribution in [0.2, 0.25) is 5.02 Å². The lowest BCUT2D eigenvalue weighted by atomic mass is 10.2. The molecule has 0 saturated carbocycles. The normalized spacial score (nSPS) is 10.3. The van der Waals surface area contributed by atoms with E-state index in [9.17, 15) is 9.59 Å². The van der Waals surface area contributed by atoms with Crippen LogP contribution < -0.4 is 10.6 Å². The number of anilines is 2. The monoisotopic (exact) mass is 378 g/mol. The van der Waals surface area contributed by atoms with Gasteiger partial charge in [0.15, 0.2) is 0 Å². The Morgan fingerprint density at radius 2 is 2.00 bits per heavy atom. The van der Waals surface area contributed by atoms with Gasteiger partial charge in [-0.1, -0.05) is 11.6 Å². The maximum atomic E-state index is 12.4. The number of nitrogens with one attached hydrogen (secondary N) is 2. The molecule has 2 rings (SSSR count). The number of carbonyl (C=O) groups excluding carboxylic acids is 2. The van der Waals surface area contributed by atoms with E-state index in [0.717, 1.165) is 6.42 Å². The number of ether oxygens (including phenoxy) is 2. The standard InChI is InChI=1S/C17H19ClN4O4/c1-25-7-3-6-19-15-9-14(20-10-21-15)16(23)22-13-8-11(17(24)26-2)4-5-12(13)18/h4-5,8-10H,3,6-7H2,1-2H3,(H,22,23)(H,19,20,21). The second-order valence-electron chi connectivity index (χ2n) is 5.20. The van der Waals surface area contributed by atoms with E-state index < -0.39 is 11.9 Å². The zero-order valence-corrected chi connectivity index (χ0v) is 15.2. The molecule has 0 aliphatic rings. The molecule has 138 valence electrons. The summed E-state index contributed by atoms with van der Waals surface area (Å²) in [6.45, 7) is 1.28. The molecule has 8 nitrogen and oxygen atoms in total. The quantitative estimate of drug-likeness (QED) is 0.537. The van der Waals surface area contributed by atoms with Gasteiger partial charge in [0.25, 0.3) is 5.91 Å². The molecule has 0 aliphatic heterocycles. The molecule has 1 amide bonds. The fourth-order valence-electron chi connectivity index (χ4n) is 2.06. The summed E-state index contributed by atoms with van der Waals surface area (Å²) in [4.78, 5) is 32.1. The van der Waals surface area contributed by atoms with E-state index in [4.69, 9.17) is 16.3 Å². The summed E-state index contributed by atoms with van der Waals surface area (Å²) in [5, 5.41) is 6.01. The molecule has 1 aromatic heterocycles. The van der Waals surface area contributed by atoms with Gasteiger partial charge in [-0.2, -0.15) is 0 Å². The molecule has 0 unspecified atom stereocenters. The number of carbonyl (C=O) groups is 2. The molecule has 0 radical (unpaired) electrons. The second-order valence-corrected chi connectivity index (χ2v) is 5.61. The van der Waals surface area contributed by atoms with Crippen LogP contribution in [0.15, 0.2) is 30.6 Å². The SMILES string of the molecule is COCCCNc1cc(C(=O)Nc2cc(C(=O)OC)ccc2Cl)ncn1. The summed E-state index contributed by atoms with van der Waals surface area (Å²) in [5.41, 5.74) is 0.719. The van der Waals surface area contributed by atoms with E-state index in [1.807, 2.05) is 0 Å². The van der Waals surface area contributed by atoms with Gasteiger partial charge in [-0.15, -0.1) is 0 Å². The molecule has 26 heavy (non-hydrogen) atoms. The molecule has 2 N–H and O–H groups in total. The highest BCUT2D eigenvalue weighted by Gasteiger charge is 2.14. The number of hydrogen-bond acceptors (Lipinski definition) is 7. The third-order valence-electron chi connectivity index (χ3n) is 3.37. The van der Waals surface area contributed by atoms with Crippen LogP contribution in [-0.2, 0) is 9.47 Å². The molecular formula is C17H19ClN4O4. The molecule has 0 bridgehead atoms. The van der Waals surface area contributed by atoms with Crippen molar-refractivity contribution in [3.05, 3.63) is 46.9 Å². The second kappa shape index (κ2) is 9.69. The Morgan fingerprint density at radius 1 is 1.19 bits per heavy atom. The van der Waals surface area contributed by atoms with Crippen molar-refractivity contribution in [3.8, 4) is 0 Å². The van der Waals surface area contributed by atoms with Gasteiger partial charge in [-0.3, -0.25) is 4.79 Å². The van der Waals surface area contributed by atoms with E-state index in [2.05, 4.69) is 25.3 Å². The van der Waals surface area contributed by atoms with Gasteiger partial charge >= 0.3 is 5.97 Å². The fraction of sp³-hybridized carbons (Fsp3) is 0.294. The summed E-state index contributed by atoms with van der Waals surface area (Å²) in [5.74, 6) is -0.478. The van der Waals surface area contributed by atoms with Gasteiger partial charge < -0.3 is 20.1 Å². The molecule has 0 atom stereocenters. The fourth-order valence-corrected chi connectivity index (χ4v) is 2.23. The molecule has 0 saturated heterocycles. The van der Waals surface area contributed by atoms with Crippen molar-refractivity contribution in [2.75, 3.05) is 38.0 Å². The molecular weight excluding hydrogens is 360 g/mol. The Labute approximate surface area is 155 Å². The Kier molecular flexibility index (Phi) is 7.31. The number of amides is 1. The van der Waals surface area contributed by atoms with Crippen LogP contribution in [0, 0.1) is 0 Å². The first-order chi connectivity index (χ1) is 12.5. The Morgan fingerprint density at radius 3 is 2.73 bits per heavy atom. The van der Waals surface area contributed by atoms with Gasteiger partial charge in [0.2, 0.25) is 0 Å². The first-order valence-electron chi connectivity index (χ1n) is 7.79. The van der Waals surface area contributed by atoms with Crippen LogP contribution in [0.3, 0.4) is 0 Å². The number of aromatic nitrogens is 2. The molecule has 0 spiro atoms. The lowest BCUT2D eigenvalue weighted by Crippen LogP contribution is -2.16. The number of methoxy groups -OCH3 is 2. The summed E-state index contributed by atoms with van der Waals surface area (Å²) in [7, 11) is 2.91. The maximum Gasteiger partial charge on any atom is 0.337 e. The minimum Gasteiger partial charge on any atom is -0.465 e. The Bertz CT molecular complexity index is 785. The lowest BCUT2D eigenvalue weighted by Gasteiger charge is -2.10. The smallest absolute Gasteiger partial charge is 0.337 e. The van der Waals surface area contributed by atoms with Gasteiger partial charge in [-0.25, -0.2) is 14.8 Å². The minimum absolute atomic E-state index is 0.161. The highest BCUT2D eigenvalue weighted by Crippen LogP contribution is 2.24. The molecule has 1 heterocycles. The third-order valence-corrected chi connectivity index (χ3v) is 3.70. The van der Waals surface area contributed by atoms with Gasteiger partial charge in [0.1, 0.15) is 17.8 Å². The van der Waals surface area contributed by atoms with Crippen molar-refractivity contribution in [1.82, 2.24) is 9.97 Å². The van der Waals surface area contributed by atoms with Crippen molar-refractivity contribution in [2.45, 2.75) is 6.42 Å². The van der Waals surface area contributed by atoms with Crippen LogP contribution in [-0.4, -0.2) is 49.2 Å². The van der Waals surface area contributed by atoms with E-state index in [-0.39, 0.29) is 22.0 Å². The van der Waals surface area contributed by atoms with Crippen LogP contribution in [0.25, 0.3) is 0 Å². The number of rotatable bonds is 8. The minimum atomic E-state index is -0.526. The topological polar surface area (TPSA) is 102 Å². The van der Waals surface area contributed by atoms with E-state index in [1.54, 1.807) is 7.11 Å². The Balaban J connectivity index is 2.09. The average Bonchev–Trinajstić information content (AvgIpc) is 2.66. The van der Waals surface area contributed by atoms with Gasteiger partial charge in [-0.05, 0) is 24.6 Å². The largest absolute Gasteiger partial charge is 0.465 e. The predicted octanol–water partition coefficient (Wildman–Crippen LogP) is 2.62. The first kappa shape index (κ1) is 19.6. The van der Waals surface area contributed by atoms with E-state index >= 15 is 0 Å². The number of nitrogens with zero attached hydrogens (tertiary/aromatic N) is 2. The van der Waals surface area contributed by atoms with Gasteiger partial charge in [0, 0.05) is 26.3 Å².